The normalized spacial score (nSPS) is 12.7. The van der Waals surface area contributed by atoms with E-state index in [0.717, 1.165) is 16.7 Å². The second kappa shape index (κ2) is 7.10. The number of benzene rings is 3. The minimum atomic E-state index is -0.652. The first kappa shape index (κ1) is 16.5. The van der Waals surface area contributed by atoms with Crippen LogP contribution in [0, 0.1) is 0 Å². The molecule has 0 aliphatic rings. The van der Waals surface area contributed by atoms with Crippen molar-refractivity contribution < 1.29 is 0 Å². The summed E-state index contributed by atoms with van der Waals surface area (Å²) in [6, 6.07) is 30.8. The van der Waals surface area contributed by atoms with Crippen molar-refractivity contribution in [1.82, 2.24) is 20.2 Å². The van der Waals surface area contributed by atoms with Crippen molar-refractivity contribution in [2.75, 3.05) is 0 Å². The van der Waals surface area contributed by atoms with E-state index in [1.807, 2.05) is 54.6 Å². The molecule has 0 saturated heterocycles. The molecule has 4 nitrogen and oxygen atoms in total. The number of halogens is 1. The van der Waals surface area contributed by atoms with Gasteiger partial charge in [-0.2, -0.15) is 0 Å². The highest BCUT2D eigenvalue weighted by molar-refractivity contribution is 6.20. The van der Waals surface area contributed by atoms with Gasteiger partial charge in [0.25, 0.3) is 0 Å². The van der Waals surface area contributed by atoms with E-state index in [4.69, 9.17) is 11.6 Å². The van der Waals surface area contributed by atoms with Gasteiger partial charge in [0.1, 0.15) is 11.8 Å². The summed E-state index contributed by atoms with van der Waals surface area (Å²) < 4.78 is 1.61. The molecule has 0 bridgehead atoms. The summed E-state index contributed by atoms with van der Waals surface area (Å²) in [5.41, 5.74) is 2.03. The van der Waals surface area contributed by atoms with Gasteiger partial charge < -0.3 is 0 Å². The fourth-order valence-corrected chi connectivity index (χ4v) is 3.95. The van der Waals surface area contributed by atoms with Crippen LogP contribution in [0.5, 0.6) is 0 Å². The molecule has 1 heterocycles. The van der Waals surface area contributed by atoms with Gasteiger partial charge in [-0.05, 0) is 27.1 Å². The van der Waals surface area contributed by atoms with E-state index in [0.29, 0.717) is 0 Å². The number of alkyl halides is 1. The zero-order chi connectivity index (χ0) is 17.8. The molecular weight excluding hydrogens is 344 g/mol. The van der Waals surface area contributed by atoms with Crippen molar-refractivity contribution >= 4 is 11.6 Å². The highest BCUT2D eigenvalue weighted by Gasteiger charge is 2.44. The van der Waals surface area contributed by atoms with Crippen LogP contribution in [-0.4, -0.2) is 20.2 Å². The molecule has 1 aromatic heterocycles. The molecule has 0 aliphatic carbocycles. The van der Waals surface area contributed by atoms with Gasteiger partial charge in [0.2, 0.25) is 0 Å². The van der Waals surface area contributed by atoms with Crippen LogP contribution >= 0.6 is 11.6 Å². The monoisotopic (exact) mass is 360 g/mol. The van der Waals surface area contributed by atoms with E-state index >= 15 is 0 Å². The van der Waals surface area contributed by atoms with Crippen molar-refractivity contribution in [1.29, 1.82) is 0 Å². The molecule has 0 N–H and O–H groups in total. The van der Waals surface area contributed by atoms with Crippen LogP contribution in [0.25, 0.3) is 0 Å². The Morgan fingerprint density at radius 2 is 1.12 bits per heavy atom. The molecule has 4 rings (SSSR count). The molecule has 0 saturated carbocycles. The zero-order valence-electron chi connectivity index (χ0n) is 14.0. The Kier molecular flexibility index (Phi) is 4.50. The van der Waals surface area contributed by atoms with Gasteiger partial charge >= 0.3 is 0 Å². The van der Waals surface area contributed by atoms with Crippen molar-refractivity contribution in [3.8, 4) is 0 Å². The van der Waals surface area contributed by atoms with Crippen LogP contribution < -0.4 is 0 Å². The van der Waals surface area contributed by atoms with Gasteiger partial charge in [-0.1, -0.05) is 103 Å². The van der Waals surface area contributed by atoms with Crippen molar-refractivity contribution in [2.45, 2.75) is 10.9 Å². The van der Waals surface area contributed by atoms with E-state index < -0.39 is 10.9 Å². The largest absolute Gasteiger partial charge is 0.213 e. The van der Waals surface area contributed by atoms with Gasteiger partial charge in [-0.15, -0.1) is 5.10 Å². The number of rotatable bonds is 5. The highest BCUT2D eigenvalue weighted by atomic mass is 35.5. The van der Waals surface area contributed by atoms with Crippen molar-refractivity contribution in [3.05, 3.63) is 114 Å². The number of nitrogens with zero attached hydrogens (tertiary/aromatic N) is 4. The zero-order valence-corrected chi connectivity index (χ0v) is 14.7. The maximum atomic E-state index is 7.09. The molecule has 5 heteroatoms. The molecule has 26 heavy (non-hydrogen) atoms. The van der Waals surface area contributed by atoms with Crippen molar-refractivity contribution in [2.24, 2.45) is 0 Å². The predicted octanol–water partition coefficient (Wildman–Crippen LogP) is 4.45. The first-order valence-electron chi connectivity index (χ1n) is 8.36. The van der Waals surface area contributed by atoms with E-state index in [2.05, 4.69) is 51.9 Å². The lowest BCUT2D eigenvalue weighted by Gasteiger charge is -2.39. The third-order valence-corrected chi connectivity index (χ3v) is 5.17. The summed E-state index contributed by atoms with van der Waals surface area (Å²) in [5.74, 6) is 0. The number of aromatic nitrogens is 4. The molecule has 0 radical (unpaired) electrons. The molecular formula is C21H17ClN4. The summed E-state index contributed by atoms with van der Waals surface area (Å²) in [5, 5.41) is 11.7. The van der Waals surface area contributed by atoms with Crippen LogP contribution in [0.4, 0.5) is 0 Å². The first-order valence-corrected chi connectivity index (χ1v) is 8.80. The lowest BCUT2D eigenvalue weighted by atomic mass is 9.69. The Hall–Kier alpha value is -2.98. The first-order chi connectivity index (χ1) is 12.8. The van der Waals surface area contributed by atoms with Crippen LogP contribution in [0.1, 0.15) is 22.2 Å². The summed E-state index contributed by atoms with van der Waals surface area (Å²) in [4.78, 5) is 0. The standard InChI is InChI=1S/C21H17ClN4/c22-20(26-16-23-24-25-26)21(17-10-4-1-5-11-17,18-12-6-2-7-13-18)19-14-8-3-9-15-19/h1-16,20H. The Bertz CT molecular complexity index is 845. The maximum absolute atomic E-state index is 7.09. The number of tetrazole rings is 1. The Balaban J connectivity index is 2.07. The smallest absolute Gasteiger partial charge is 0.147 e. The summed E-state index contributed by atoms with van der Waals surface area (Å²) >= 11 is 7.09. The van der Waals surface area contributed by atoms with E-state index in [1.54, 1.807) is 11.0 Å². The third kappa shape index (κ3) is 2.68. The molecule has 0 fully saturated rings. The van der Waals surface area contributed by atoms with Gasteiger partial charge in [-0.3, -0.25) is 0 Å². The van der Waals surface area contributed by atoms with Gasteiger partial charge in [0.05, 0.1) is 5.41 Å². The number of hydrogen-bond acceptors (Lipinski definition) is 3. The quantitative estimate of drug-likeness (QED) is 0.390. The molecule has 0 spiro atoms. The third-order valence-electron chi connectivity index (χ3n) is 4.64. The van der Waals surface area contributed by atoms with Crippen molar-refractivity contribution in [3.63, 3.8) is 0 Å². The minimum absolute atomic E-state index is 0.551. The van der Waals surface area contributed by atoms with Crippen LogP contribution in [0.2, 0.25) is 0 Å². The lowest BCUT2D eigenvalue weighted by Crippen LogP contribution is -2.37. The SMILES string of the molecule is ClC(n1cnnn1)C(c1ccccc1)(c1ccccc1)c1ccccc1. The van der Waals surface area contributed by atoms with E-state index in [-0.39, 0.29) is 0 Å². The summed E-state index contributed by atoms with van der Waals surface area (Å²) in [7, 11) is 0. The Labute approximate surface area is 157 Å². The van der Waals surface area contributed by atoms with E-state index in [1.165, 1.54) is 0 Å². The maximum Gasteiger partial charge on any atom is 0.147 e. The second-order valence-electron chi connectivity index (χ2n) is 6.03. The van der Waals surface area contributed by atoms with Crippen LogP contribution in [0.3, 0.4) is 0 Å². The number of hydrogen-bond donors (Lipinski definition) is 0. The molecule has 128 valence electrons. The molecule has 3 aromatic carbocycles. The Morgan fingerprint density at radius 3 is 1.46 bits per heavy atom. The molecule has 4 aromatic rings. The summed E-state index contributed by atoms with van der Waals surface area (Å²) in [6.45, 7) is 0. The Morgan fingerprint density at radius 1 is 0.692 bits per heavy atom. The fraction of sp³-hybridized carbons (Fsp3) is 0.0952. The molecule has 1 atom stereocenters. The lowest BCUT2D eigenvalue weighted by molar-refractivity contribution is 0.434. The average molecular weight is 361 g/mol. The van der Waals surface area contributed by atoms with Gasteiger partial charge in [0.15, 0.2) is 0 Å². The van der Waals surface area contributed by atoms with Gasteiger partial charge in [-0.25, -0.2) is 4.68 Å². The summed E-state index contributed by atoms with van der Waals surface area (Å²) in [6.07, 6.45) is 1.56. The second-order valence-corrected chi connectivity index (χ2v) is 6.45. The average Bonchev–Trinajstić information content (AvgIpc) is 3.26. The van der Waals surface area contributed by atoms with Crippen LogP contribution in [0.15, 0.2) is 97.3 Å². The van der Waals surface area contributed by atoms with E-state index in [9.17, 15) is 0 Å². The fourth-order valence-electron chi connectivity index (χ4n) is 3.49. The van der Waals surface area contributed by atoms with Crippen LogP contribution in [-0.2, 0) is 5.41 Å². The van der Waals surface area contributed by atoms with Gasteiger partial charge in [0, 0.05) is 0 Å². The topological polar surface area (TPSA) is 43.6 Å². The highest BCUT2D eigenvalue weighted by Crippen LogP contribution is 2.48. The predicted molar refractivity (Wildman–Crippen MR) is 102 cm³/mol. The molecule has 1 unspecified atom stereocenters. The molecule has 0 aliphatic heterocycles. The molecule has 0 amide bonds. The minimum Gasteiger partial charge on any atom is -0.213 e.